The lowest BCUT2D eigenvalue weighted by atomic mass is 10.2. The number of nitrogens with one attached hydrogen (secondary N) is 2. The van der Waals surface area contributed by atoms with Crippen molar-refractivity contribution < 1.29 is 4.79 Å². The van der Waals surface area contributed by atoms with Gasteiger partial charge in [-0.2, -0.15) is 0 Å². The molecule has 2 aliphatic heterocycles. The quantitative estimate of drug-likeness (QED) is 0.776. The molecule has 5 heteroatoms. The lowest BCUT2D eigenvalue weighted by Gasteiger charge is -2.20. The molecule has 2 saturated heterocycles. The Labute approximate surface area is 108 Å². The van der Waals surface area contributed by atoms with Crippen LogP contribution in [0.3, 0.4) is 0 Å². The fraction of sp³-hybridized carbons (Fsp3) is 0.917. The Hall–Kier alpha value is -0.260. The number of likely N-dealkylation sites (tertiary alicyclic amines) is 1. The molecule has 2 rings (SSSR count). The maximum atomic E-state index is 11.7. The summed E-state index contributed by atoms with van der Waals surface area (Å²) < 4.78 is 0. The van der Waals surface area contributed by atoms with Crippen molar-refractivity contribution in [2.45, 2.75) is 31.7 Å². The van der Waals surface area contributed by atoms with Crippen molar-refractivity contribution in [2.75, 3.05) is 37.8 Å². The number of carbonyl (C=O) groups excluding carboxylic acids is 1. The van der Waals surface area contributed by atoms with Crippen LogP contribution in [-0.4, -0.2) is 54.7 Å². The topological polar surface area (TPSA) is 44.4 Å². The second kappa shape index (κ2) is 7.24. The Bertz CT molecular complexity index is 236. The fourth-order valence-corrected chi connectivity index (χ4v) is 3.33. The Kier molecular flexibility index (Phi) is 5.61. The van der Waals surface area contributed by atoms with Gasteiger partial charge in [0.1, 0.15) is 0 Å². The van der Waals surface area contributed by atoms with Crippen molar-refractivity contribution in [3.8, 4) is 0 Å². The first-order valence-corrected chi connectivity index (χ1v) is 7.83. The Morgan fingerprint density at radius 3 is 2.71 bits per heavy atom. The number of hydrogen-bond donors (Lipinski definition) is 2. The standard InChI is InChI=1S/C12H23N3OS/c16-12(11-9-17-10-14-11)13-5-8-15-6-3-1-2-4-7-15/h11,14H,1-10H2,(H,13,16). The summed E-state index contributed by atoms with van der Waals surface area (Å²) in [6, 6.07) is 0.0316. The zero-order chi connectivity index (χ0) is 11.9. The second-order valence-corrected chi connectivity index (χ2v) is 5.85. The summed E-state index contributed by atoms with van der Waals surface area (Å²) in [5.41, 5.74) is 0. The first-order valence-electron chi connectivity index (χ1n) is 6.67. The molecule has 0 radical (unpaired) electrons. The minimum absolute atomic E-state index is 0.0316. The molecule has 0 saturated carbocycles. The van der Waals surface area contributed by atoms with E-state index in [0.29, 0.717) is 0 Å². The van der Waals surface area contributed by atoms with Crippen LogP contribution in [0.2, 0.25) is 0 Å². The molecule has 0 bridgehead atoms. The molecule has 0 aromatic carbocycles. The fourth-order valence-electron chi connectivity index (χ4n) is 2.38. The lowest BCUT2D eigenvalue weighted by Crippen LogP contribution is -2.44. The molecular formula is C12H23N3OS. The molecule has 17 heavy (non-hydrogen) atoms. The number of thioether (sulfide) groups is 1. The van der Waals surface area contributed by atoms with Crippen LogP contribution in [0.15, 0.2) is 0 Å². The predicted molar refractivity (Wildman–Crippen MR) is 72.2 cm³/mol. The van der Waals surface area contributed by atoms with Gasteiger partial charge in [-0.05, 0) is 25.9 Å². The van der Waals surface area contributed by atoms with E-state index in [4.69, 9.17) is 0 Å². The number of rotatable bonds is 4. The normalized spacial score (nSPS) is 26.7. The van der Waals surface area contributed by atoms with Crippen LogP contribution in [0, 0.1) is 0 Å². The molecule has 2 heterocycles. The van der Waals surface area contributed by atoms with Crippen molar-refractivity contribution in [1.82, 2.24) is 15.5 Å². The van der Waals surface area contributed by atoms with E-state index in [1.54, 1.807) is 11.8 Å². The molecule has 0 spiro atoms. The monoisotopic (exact) mass is 257 g/mol. The third-order valence-electron chi connectivity index (χ3n) is 3.46. The zero-order valence-corrected chi connectivity index (χ0v) is 11.2. The Morgan fingerprint density at radius 1 is 1.29 bits per heavy atom. The molecule has 0 aromatic rings. The molecule has 0 aromatic heterocycles. The van der Waals surface area contributed by atoms with Gasteiger partial charge < -0.3 is 10.2 Å². The van der Waals surface area contributed by atoms with Crippen LogP contribution < -0.4 is 10.6 Å². The highest BCUT2D eigenvalue weighted by Crippen LogP contribution is 2.10. The molecule has 2 fully saturated rings. The first kappa shape index (κ1) is 13.2. The lowest BCUT2D eigenvalue weighted by molar-refractivity contribution is -0.122. The molecule has 2 N–H and O–H groups in total. The highest BCUT2D eigenvalue weighted by atomic mass is 32.2. The number of carbonyl (C=O) groups is 1. The average Bonchev–Trinajstić information content (AvgIpc) is 2.75. The van der Waals surface area contributed by atoms with Crippen molar-refractivity contribution in [3.63, 3.8) is 0 Å². The van der Waals surface area contributed by atoms with E-state index in [-0.39, 0.29) is 11.9 Å². The second-order valence-electron chi connectivity index (χ2n) is 4.82. The highest BCUT2D eigenvalue weighted by Gasteiger charge is 2.21. The van der Waals surface area contributed by atoms with Crippen molar-refractivity contribution in [3.05, 3.63) is 0 Å². The van der Waals surface area contributed by atoms with Gasteiger partial charge in [0.15, 0.2) is 0 Å². The van der Waals surface area contributed by atoms with Crippen LogP contribution in [0.25, 0.3) is 0 Å². The predicted octanol–water partition coefficient (Wildman–Crippen LogP) is 0.641. The minimum atomic E-state index is 0.0316. The van der Waals surface area contributed by atoms with Crippen LogP contribution in [-0.2, 0) is 4.79 Å². The van der Waals surface area contributed by atoms with Crippen LogP contribution >= 0.6 is 11.8 Å². The van der Waals surface area contributed by atoms with Gasteiger partial charge in [0.25, 0.3) is 0 Å². The van der Waals surface area contributed by atoms with Crippen LogP contribution in [0.1, 0.15) is 25.7 Å². The molecule has 4 nitrogen and oxygen atoms in total. The third kappa shape index (κ3) is 4.48. The van der Waals surface area contributed by atoms with E-state index in [9.17, 15) is 4.79 Å². The summed E-state index contributed by atoms with van der Waals surface area (Å²) in [4.78, 5) is 14.2. The summed E-state index contributed by atoms with van der Waals surface area (Å²) in [6.07, 6.45) is 5.36. The number of hydrogen-bond acceptors (Lipinski definition) is 4. The highest BCUT2D eigenvalue weighted by molar-refractivity contribution is 7.99. The maximum Gasteiger partial charge on any atom is 0.238 e. The summed E-state index contributed by atoms with van der Waals surface area (Å²) in [7, 11) is 0. The van der Waals surface area contributed by atoms with E-state index in [1.807, 2.05) is 0 Å². The van der Waals surface area contributed by atoms with Gasteiger partial charge in [0.2, 0.25) is 5.91 Å². The van der Waals surface area contributed by atoms with Crippen LogP contribution in [0.5, 0.6) is 0 Å². The molecular weight excluding hydrogens is 234 g/mol. The van der Waals surface area contributed by atoms with Gasteiger partial charge in [-0.3, -0.25) is 10.1 Å². The smallest absolute Gasteiger partial charge is 0.238 e. The maximum absolute atomic E-state index is 11.7. The Balaban J connectivity index is 1.59. The van der Waals surface area contributed by atoms with E-state index in [0.717, 1.165) is 24.7 Å². The Morgan fingerprint density at radius 2 is 2.06 bits per heavy atom. The number of nitrogens with zero attached hydrogens (tertiary/aromatic N) is 1. The molecule has 1 unspecified atom stereocenters. The molecule has 98 valence electrons. The summed E-state index contributed by atoms with van der Waals surface area (Å²) in [5.74, 6) is 1.99. The molecule has 1 atom stereocenters. The largest absolute Gasteiger partial charge is 0.353 e. The van der Waals surface area contributed by atoms with Gasteiger partial charge in [0, 0.05) is 24.7 Å². The molecule has 1 amide bonds. The van der Waals surface area contributed by atoms with E-state index >= 15 is 0 Å². The van der Waals surface area contributed by atoms with Crippen LogP contribution in [0.4, 0.5) is 0 Å². The minimum Gasteiger partial charge on any atom is -0.353 e. The van der Waals surface area contributed by atoms with Gasteiger partial charge in [-0.15, -0.1) is 11.8 Å². The van der Waals surface area contributed by atoms with Gasteiger partial charge in [0.05, 0.1) is 6.04 Å². The van der Waals surface area contributed by atoms with E-state index in [2.05, 4.69) is 15.5 Å². The first-order chi connectivity index (χ1) is 8.36. The average molecular weight is 257 g/mol. The molecule has 0 aliphatic carbocycles. The van der Waals surface area contributed by atoms with E-state index < -0.39 is 0 Å². The van der Waals surface area contributed by atoms with Crippen molar-refractivity contribution in [1.29, 1.82) is 0 Å². The summed E-state index contributed by atoms with van der Waals surface area (Å²) in [5, 5.41) is 6.23. The van der Waals surface area contributed by atoms with Crippen molar-refractivity contribution >= 4 is 17.7 Å². The summed E-state index contributed by atoms with van der Waals surface area (Å²) >= 11 is 1.79. The zero-order valence-electron chi connectivity index (χ0n) is 10.4. The van der Waals surface area contributed by atoms with Gasteiger partial charge >= 0.3 is 0 Å². The van der Waals surface area contributed by atoms with E-state index in [1.165, 1.54) is 38.8 Å². The van der Waals surface area contributed by atoms with Gasteiger partial charge in [-0.1, -0.05) is 12.8 Å². The molecule has 2 aliphatic rings. The summed E-state index contributed by atoms with van der Waals surface area (Å²) in [6.45, 7) is 4.20. The van der Waals surface area contributed by atoms with Gasteiger partial charge in [-0.25, -0.2) is 0 Å². The van der Waals surface area contributed by atoms with Crippen molar-refractivity contribution in [2.24, 2.45) is 0 Å². The number of amides is 1. The SMILES string of the molecule is O=C(NCCN1CCCCCC1)C1CSCN1. The third-order valence-corrected chi connectivity index (χ3v) is 4.40.